The topological polar surface area (TPSA) is 71.8 Å². The number of nitrogens with zero attached hydrogens (tertiary/aromatic N) is 3. The Morgan fingerprint density at radius 2 is 2.04 bits per heavy atom. The molecule has 3 rings (SSSR count). The van der Waals surface area contributed by atoms with Crippen LogP contribution in [0.2, 0.25) is 0 Å². The fourth-order valence-electron chi connectivity index (χ4n) is 3.55. The molecule has 2 amide bonds. The largest absolute Gasteiger partial charge is 0.491 e. The van der Waals surface area contributed by atoms with Gasteiger partial charge in [-0.2, -0.15) is 0 Å². The van der Waals surface area contributed by atoms with Crippen LogP contribution in [0.5, 0.6) is 5.75 Å². The molecule has 2 saturated heterocycles. The first-order valence-electron chi connectivity index (χ1n) is 7.80. The summed E-state index contributed by atoms with van der Waals surface area (Å²) in [5.74, 6) is 0.179. The molecule has 3 heterocycles. The molecule has 1 aromatic rings. The van der Waals surface area contributed by atoms with Crippen molar-refractivity contribution < 1.29 is 14.3 Å². The first-order valence-corrected chi connectivity index (χ1v) is 7.80. The zero-order valence-electron chi connectivity index (χ0n) is 13.4. The number of carbonyl (C=O) groups excluding carboxylic acids is 2. The lowest BCUT2D eigenvalue weighted by Crippen LogP contribution is -2.45. The number of likely N-dealkylation sites (N-methyl/N-ethyl adjacent to an activating group) is 1. The summed E-state index contributed by atoms with van der Waals surface area (Å²) in [7, 11) is 3.21. The van der Waals surface area contributed by atoms with Crippen LogP contribution in [0.25, 0.3) is 0 Å². The zero-order valence-corrected chi connectivity index (χ0v) is 13.4. The third kappa shape index (κ3) is 2.83. The van der Waals surface area contributed by atoms with Crippen LogP contribution >= 0.6 is 0 Å². The van der Waals surface area contributed by atoms with Crippen LogP contribution in [-0.4, -0.2) is 59.0 Å². The molecule has 0 spiro atoms. The summed E-state index contributed by atoms with van der Waals surface area (Å²) in [5, 5.41) is 0. The van der Waals surface area contributed by atoms with E-state index in [0.717, 1.165) is 12.8 Å². The van der Waals surface area contributed by atoms with Gasteiger partial charge < -0.3 is 19.1 Å². The molecule has 2 unspecified atom stereocenters. The van der Waals surface area contributed by atoms with E-state index in [-0.39, 0.29) is 41.8 Å². The third-order valence-electron chi connectivity index (χ3n) is 4.74. The summed E-state index contributed by atoms with van der Waals surface area (Å²) in [6.07, 6.45) is 3.70. The van der Waals surface area contributed by atoms with Crippen molar-refractivity contribution in [3.63, 3.8) is 0 Å². The Kier molecular flexibility index (Phi) is 4.11. The summed E-state index contributed by atoms with van der Waals surface area (Å²) in [6, 6.07) is 3.26. The summed E-state index contributed by atoms with van der Waals surface area (Å²) in [5.41, 5.74) is -0.321. The van der Waals surface area contributed by atoms with Gasteiger partial charge in [0.1, 0.15) is 6.54 Å². The van der Waals surface area contributed by atoms with Crippen molar-refractivity contribution in [2.75, 3.05) is 20.7 Å². The van der Waals surface area contributed by atoms with Crippen molar-refractivity contribution in [1.29, 1.82) is 0 Å². The van der Waals surface area contributed by atoms with Crippen LogP contribution < -0.4 is 10.3 Å². The molecule has 23 heavy (non-hydrogen) atoms. The lowest BCUT2D eigenvalue weighted by molar-refractivity contribution is -0.134. The number of rotatable bonds is 3. The summed E-state index contributed by atoms with van der Waals surface area (Å²) >= 11 is 0. The molecular weight excluding hydrogens is 298 g/mol. The Bertz CT molecular complexity index is 684. The van der Waals surface area contributed by atoms with Gasteiger partial charge in [0.2, 0.25) is 11.8 Å². The van der Waals surface area contributed by atoms with Crippen molar-refractivity contribution in [3.8, 4) is 5.75 Å². The number of carbonyl (C=O) groups is 2. The minimum Gasteiger partial charge on any atom is -0.491 e. The molecule has 2 bridgehead atoms. The molecule has 2 aliphatic heterocycles. The SMILES string of the molecule is COc1cccn(CC(=O)N2C3CCC2CN(C)C(=O)C3)c1=O. The molecule has 2 fully saturated rings. The molecule has 0 N–H and O–H groups in total. The quantitative estimate of drug-likeness (QED) is 0.791. The summed E-state index contributed by atoms with van der Waals surface area (Å²) in [4.78, 5) is 40.4. The lowest BCUT2D eigenvalue weighted by Gasteiger charge is -2.28. The van der Waals surface area contributed by atoms with Crippen molar-refractivity contribution in [3.05, 3.63) is 28.7 Å². The van der Waals surface area contributed by atoms with Crippen molar-refractivity contribution in [2.45, 2.75) is 37.9 Å². The number of methoxy groups -OCH3 is 1. The minimum atomic E-state index is -0.321. The molecule has 7 heteroatoms. The van der Waals surface area contributed by atoms with Crippen LogP contribution in [0, 0.1) is 0 Å². The Morgan fingerprint density at radius 3 is 2.78 bits per heavy atom. The standard InChI is InChI=1S/C16H21N3O4/c1-17-9-12-6-5-11(8-14(17)20)19(12)15(21)10-18-7-3-4-13(23-2)16(18)22/h3-4,7,11-12H,5-6,8-10H2,1-2H3. The average molecular weight is 319 g/mol. The predicted molar refractivity (Wildman–Crippen MR) is 83.2 cm³/mol. The van der Waals surface area contributed by atoms with Gasteiger partial charge in [-0.15, -0.1) is 0 Å². The Morgan fingerprint density at radius 1 is 1.30 bits per heavy atom. The van der Waals surface area contributed by atoms with Crippen LogP contribution in [-0.2, 0) is 16.1 Å². The molecular formula is C16H21N3O4. The number of ether oxygens (including phenoxy) is 1. The number of hydrogen-bond acceptors (Lipinski definition) is 4. The van der Waals surface area contributed by atoms with E-state index >= 15 is 0 Å². The van der Waals surface area contributed by atoms with Crippen molar-refractivity contribution >= 4 is 11.8 Å². The molecule has 0 radical (unpaired) electrons. The van der Waals surface area contributed by atoms with Gasteiger partial charge >= 0.3 is 0 Å². The Labute approximate surface area is 134 Å². The Balaban J connectivity index is 1.81. The highest BCUT2D eigenvalue weighted by Crippen LogP contribution is 2.30. The molecule has 2 atom stereocenters. The Hall–Kier alpha value is -2.31. The molecule has 2 aliphatic rings. The number of likely N-dealkylation sites (tertiary alicyclic amines) is 1. The molecule has 0 aliphatic carbocycles. The summed E-state index contributed by atoms with van der Waals surface area (Å²) < 4.78 is 6.36. The van der Waals surface area contributed by atoms with E-state index in [0.29, 0.717) is 13.0 Å². The maximum atomic E-state index is 12.7. The highest BCUT2D eigenvalue weighted by molar-refractivity contribution is 5.81. The molecule has 0 aromatic carbocycles. The van der Waals surface area contributed by atoms with Crippen LogP contribution in [0.4, 0.5) is 0 Å². The molecule has 7 nitrogen and oxygen atoms in total. The third-order valence-corrected chi connectivity index (χ3v) is 4.74. The highest BCUT2D eigenvalue weighted by atomic mass is 16.5. The number of aromatic nitrogens is 1. The van der Waals surface area contributed by atoms with E-state index in [1.807, 2.05) is 4.90 Å². The van der Waals surface area contributed by atoms with Crippen molar-refractivity contribution in [1.82, 2.24) is 14.4 Å². The van der Waals surface area contributed by atoms with Crippen LogP contribution in [0.1, 0.15) is 19.3 Å². The maximum absolute atomic E-state index is 12.7. The zero-order chi connectivity index (χ0) is 16.6. The van der Waals surface area contributed by atoms with E-state index in [1.54, 1.807) is 30.3 Å². The maximum Gasteiger partial charge on any atom is 0.293 e. The molecule has 0 saturated carbocycles. The van der Waals surface area contributed by atoms with E-state index in [4.69, 9.17) is 4.74 Å². The second-order valence-electron chi connectivity index (χ2n) is 6.17. The van der Waals surface area contributed by atoms with Gasteiger partial charge in [-0.05, 0) is 25.0 Å². The number of pyridine rings is 1. The van der Waals surface area contributed by atoms with Crippen LogP contribution in [0.15, 0.2) is 23.1 Å². The first-order chi connectivity index (χ1) is 11.0. The van der Waals surface area contributed by atoms with Crippen LogP contribution in [0.3, 0.4) is 0 Å². The van der Waals surface area contributed by atoms with Gasteiger partial charge in [0.15, 0.2) is 5.75 Å². The van der Waals surface area contributed by atoms with Gasteiger partial charge in [0, 0.05) is 38.3 Å². The summed E-state index contributed by atoms with van der Waals surface area (Å²) in [6.45, 7) is 0.537. The van der Waals surface area contributed by atoms with E-state index < -0.39 is 0 Å². The van der Waals surface area contributed by atoms with Gasteiger partial charge in [0.05, 0.1) is 7.11 Å². The lowest BCUT2D eigenvalue weighted by atomic mass is 10.1. The van der Waals surface area contributed by atoms with Gasteiger partial charge in [-0.1, -0.05) is 0 Å². The first kappa shape index (κ1) is 15.6. The minimum absolute atomic E-state index is 0.0268. The van der Waals surface area contributed by atoms with E-state index in [1.165, 1.54) is 11.7 Å². The second kappa shape index (κ2) is 6.06. The van der Waals surface area contributed by atoms with E-state index in [2.05, 4.69) is 0 Å². The fraction of sp³-hybridized carbons (Fsp3) is 0.562. The normalized spacial score (nSPS) is 23.8. The monoisotopic (exact) mass is 319 g/mol. The number of hydrogen-bond donors (Lipinski definition) is 0. The smallest absolute Gasteiger partial charge is 0.293 e. The van der Waals surface area contributed by atoms with E-state index in [9.17, 15) is 14.4 Å². The molecule has 1 aromatic heterocycles. The number of fused-ring (bicyclic) bond motifs is 2. The fourth-order valence-corrected chi connectivity index (χ4v) is 3.55. The van der Waals surface area contributed by atoms with Gasteiger partial charge in [0.25, 0.3) is 5.56 Å². The van der Waals surface area contributed by atoms with Crippen molar-refractivity contribution in [2.24, 2.45) is 0 Å². The average Bonchev–Trinajstić information content (AvgIpc) is 2.85. The van der Waals surface area contributed by atoms with Gasteiger partial charge in [-0.25, -0.2) is 0 Å². The number of amides is 2. The molecule has 124 valence electrons. The van der Waals surface area contributed by atoms with Gasteiger partial charge in [-0.3, -0.25) is 14.4 Å². The highest BCUT2D eigenvalue weighted by Gasteiger charge is 2.41. The predicted octanol–water partition coefficient (Wildman–Crippen LogP) is 0.0786. The second-order valence-corrected chi connectivity index (χ2v) is 6.17.